The number of nitrogens with one attached hydrogen (secondary N) is 1. The smallest absolute Gasteiger partial charge is 0.261 e. The molecule has 0 aliphatic carbocycles. The molecule has 1 amide bonds. The normalized spacial score (nSPS) is 12.6. The monoisotopic (exact) mass is 410 g/mol. The minimum atomic E-state index is -0.643. The van der Waals surface area contributed by atoms with Gasteiger partial charge in [-0.1, -0.05) is 25.1 Å². The van der Waals surface area contributed by atoms with E-state index in [-0.39, 0.29) is 30.2 Å². The Kier molecular flexibility index (Phi) is 9.76. The van der Waals surface area contributed by atoms with Gasteiger partial charge in [0.25, 0.3) is 5.91 Å². The van der Waals surface area contributed by atoms with Gasteiger partial charge in [-0.3, -0.25) is 4.79 Å². The van der Waals surface area contributed by atoms with Gasteiger partial charge in [0.1, 0.15) is 17.3 Å². The van der Waals surface area contributed by atoms with Crippen LogP contribution in [0.3, 0.4) is 0 Å². The summed E-state index contributed by atoms with van der Waals surface area (Å²) in [6.07, 6.45) is -0.138. The maximum absolute atomic E-state index is 13.0. The van der Waals surface area contributed by atoms with Crippen molar-refractivity contribution < 1.29 is 18.7 Å². The zero-order chi connectivity index (χ0) is 19.8. The molecule has 0 aliphatic heterocycles. The van der Waals surface area contributed by atoms with Gasteiger partial charge in [-0.25, -0.2) is 4.39 Å². The predicted molar refractivity (Wildman–Crippen MR) is 111 cm³/mol. The molecule has 2 aromatic carbocycles. The quantitative estimate of drug-likeness (QED) is 0.682. The van der Waals surface area contributed by atoms with Crippen LogP contribution in [0, 0.1) is 5.82 Å². The van der Waals surface area contributed by atoms with Crippen LogP contribution in [0.1, 0.15) is 24.9 Å². The molecule has 0 aliphatic rings. The minimum Gasteiger partial charge on any atom is -0.496 e. The van der Waals surface area contributed by atoms with Gasteiger partial charge < -0.3 is 19.7 Å². The zero-order valence-corrected chi connectivity index (χ0v) is 17.5. The van der Waals surface area contributed by atoms with Crippen LogP contribution < -0.4 is 14.8 Å². The van der Waals surface area contributed by atoms with E-state index in [2.05, 4.69) is 5.32 Å². The number of methoxy groups -OCH3 is 1. The van der Waals surface area contributed by atoms with Gasteiger partial charge in [0.05, 0.1) is 13.2 Å². The van der Waals surface area contributed by atoms with Crippen LogP contribution in [0.2, 0.25) is 0 Å². The van der Waals surface area contributed by atoms with Crippen LogP contribution in [-0.2, 0) is 4.79 Å². The molecule has 7 heteroatoms. The number of likely N-dealkylation sites (N-methyl/N-ethyl adjacent to an activating group) is 1. The van der Waals surface area contributed by atoms with Crippen LogP contribution in [0.25, 0.3) is 0 Å². The van der Waals surface area contributed by atoms with Crippen molar-refractivity contribution in [1.82, 2.24) is 10.2 Å². The lowest BCUT2D eigenvalue weighted by atomic mass is 10.0. The number of carbonyl (C=O) groups is 1. The number of hydrogen-bond donors (Lipinski definition) is 1. The molecular weight excluding hydrogens is 383 g/mol. The number of nitrogens with zero attached hydrogens (tertiary/aromatic N) is 1. The number of rotatable bonds is 9. The number of carbonyl (C=O) groups excluding carboxylic acids is 1. The Bertz CT molecular complexity index is 741. The molecule has 2 aromatic rings. The van der Waals surface area contributed by atoms with Crippen LogP contribution >= 0.6 is 12.4 Å². The van der Waals surface area contributed by atoms with E-state index in [4.69, 9.17) is 9.47 Å². The van der Waals surface area contributed by atoms with Crippen molar-refractivity contribution in [1.29, 1.82) is 0 Å². The Morgan fingerprint density at radius 1 is 1.14 bits per heavy atom. The van der Waals surface area contributed by atoms with Crippen molar-refractivity contribution >= 4 is 18.3 Å². The van der Waals surface area contributed by atoms with Gasteiger partial charge >= 0.3 is 0 Å². The topological polar surface area (TPSA) is 50.8 Å². The Morgan fingerprint density at radius 2 is 1.79 bits per heavy atom. The second-order valence-electron chi connectivity index (χ2n) is 6.44. The molecule has 5 nitrogen and oxygen atoms in total. The molecule has 0 heterocycles. The number of amides is 1. The Labute approximate surface area is 172 Å². The molecule has 2 atom stereocenters. The third kappa shape index (κ3) is 6.39. The van der Waals surface area contributed by atoms with E-state index >= 15 is 0 Å². The summed E-state index contributed by atoms with van der Waals surface area (Å²) in [5, 5.41) is 2.96. The lowest BCUT2D eigenvalue weighted by Gasteiger charge is -2.27. The van der Waals surface area contributed by atoms with Gasteiger partial charge in [0.15, 0.2) is 6.10 Å². The van der Waals surface area contributed by atoms with Crippen molar-refractivity contribution in [2.75, 3.05) is 27.7 Å². The maximum Gasteiger partial charge on any atom is 0.261 e. The van der Waals surface area contributed by atoms with Crippen LogP contribution in [-0.4, -0.2) is 44.7 Å². The molecule has 2 rings (SSSR count). The highest BCUT2D eigenvalue weighted by molar-refractivity contribution is 5.85. The van der Waals surface area contributed by atoms with E-state index in [1.54, 1.807) is 7.11 Å². The first-order valence-corrected chi connectivity index (χ1v) is 8.95. The Morgan fingerprint density at radius 3 is 2.36 bits per heavy atom. The number of para-hydroxylation sites is 1. The van der Waals surface area contributed by atoms with Crippen LogP contribution in [0.4, 0.5) is 4.39 Å². The molecule has 0 saturated carbocycles. The van der Waals surface area contributed by atoms with Crippen LogP contribution in [0.5, 0.6) is 11.5 Å². The third-order valence-corrected chi connectivity index (χ3v) is 4.35. The highest BCUT2D eigenvalue weighted by Gasteiger charge is 2.23. The first-order valence-electron chi connectivity index (χ1n) is 8.95. The van der Waals surface area contributed by atoms with Gasteiger partial charge in [0.2, 0.25) is 0 Å². The number of halogens is 2. The molecule has 0 radical (unpaired) electrons. The average molecular weight is 411 g/mol. The van der Waals surface area contributed by atoms with Crippen molar-refractivity contribution in [3.05, 3.63) is 59.9 Å². The van der Waals surface area contributed by atoms with E-state index in [9.17, 15) is 9.18 Å². The fourth-order valence-corrected chi connectivity index (χ4v) is 2.82. The summed E-state index contributed by atoms with van der Waals surface area (Å²) < 4.78 is 24.2. The van der Waals surface area contributed by atoms with E-state index in [0.717, 1.165) is 11.3 Å². The van der Waals surface area contributed by atoms with E-state index < -0.39 is 6.10 Å². The van der Waals surface area contributed by atoms with Gasteiger partial charge in [-0.05, 0) is 50.8 Å². The summed E-state index contributed by atoms with van der Waals surface area (Å²) in [6.45, 7) is 2.28. The van der Waals surface area contributed by atoms with Crippen molar-refractivity contribution in [2.45, 2.75) is 25.5 Å². The van der Waals surface area contributed by atoms with Crippen molar-refractivity contribution in [3.63, 3.8) is 0 Å². The largest absolute Gasteiger partial charge is 0.496 e. The summed E-state index contributed by atoms with van der Waals surface area (Å²) in [5.41, 5.74) is 0.998. The summed E-state index contributed by atoms with van der Waals surface area (Å²) in [6, 6.07) is 13.4. The third-order valence-electron chi connectivity index (χ3n) is 4.35. The second kappa shape index (κ2) is 11.5. The summed E-state index contributed by atoms with van der Waals surface area (Å²) in [5.74, 6) is 0.696. The molecule has 0 spiro atoms. The molecule has 154 valence electrons. The Hall–Kier alpha value is -2.31. The fraction of sp³-hybridized carbons (Fsp3) is 0.381. The number of benzene rings is 2. The molecule has 0 aromatic heterocycles. The van der Waals surface area contributed by atoms with Crippen molar-refractivity contribution in [3.8, 4) is 11.5 Å². The molecule has 28 heavy (non-hydrogen) atoms. The average Bonchev–Trinajstić information content (AvgIpc) is 2.67. The van der Waals surface area contributed by atoms with Gasteiger partial charge in [-0.15, -0.1) is 12.4 Å². The minimum absolute atomic E-state index is 0. The molecular formula is C21H28ClFN2O3. The van der Waals surface area contributed by atoms with Crippen molar-refractivity contribution in [2.24, 2.45) is 0 Å². The summed E-state index contributed by atoms with van der Waals surface area (Å²) >= 11 is 0. The first kappa shape index (κ1) is 23.7. The van der Waals surface area contributed by atoms with E-state index in [1.807, 2.05) is 50.2 Å². The van der Waals surface area contributed by atoms with Gasteiger partial charge in [0, 0.05) is 12.1 Å². The first-order chi connectivity index (χ1) is 13.0. The maximum atomic E-state index is 13.0. The van der Waals surface area contributed by atoms with Gasteiger partial charge in [-0.2, -0.15) is 0 Å². The number of hydrogen-bond acceptors (Lipinski definition) is 4. The van der Waals surface area contributed by atoms with E-state index in [0.29, 0.717) is 18.7 Å². The standard InChI is InChI=1S/C21H27FN2O3.ClH/c1-5-19(27-16-12-10-15(22)11-13-16)21(25)23-14-18(24(2)3)17-8-6-7-9-20(17)26-4;/h6-13,18-19H,5,14H2,1-4H3,(H,23,25);1H. The molecule has 1 N–H and O–H groups in total. The Balaban J connectivity index is 0.00000392. The molecule has 0 fully saturated rings. The lowest BCUT2D eigenvalue weighted by Crippen LogP contribution is -2.42. The van der Waals surface area contributed by atoms with E-state index in [1.165, 1.54) is 24.3 Å². The van der Waals surface area contributed by atoms with Crippen LogP contribution in [0.15, 0.2) is 48.5 Å². The highest BCUT2D eigenvalue weighted by Crippen LogP contribution is 2.27. The predicted octanol–water partition coefficient (Wildman–Crippen LogP) is 3.83. The molecule has 2 unspecified atom stereocenters. The molecule has 0 saturated heterocycles. The number of ether oxygens (including phenoxy) is 2. The summed E-state index contributed by atoms with van der Waals surface area (Å²) in [7, 11) is 5.54. The lowest BCUT2D eigenvalue weighted by molar-refractivity contribution is -0.128. The molecule has 0 bridgehead atoms. The second-order valence-corrected chi connectivity index (χ2v) is 6.44. The zero-order valence-electron chi connectivity index (χ0n) is 16.6. The fourth-order valence-electron chi connectivity index (χ4n) is 2.82. The SMILES string of the molecule is CCC(Oc1ccc(F)cc1)C(=O)NCC(c1ccccc1OC)N(C)C.Cl. The highest BCUT2D eigenvalue weighted by atomic mass is 35.5. The summed E-state index contributed by atoms with van der Waals surface area (Å²) in [4.78, 5) is 14.6.